The van der Waals surface area contributed by atoms with Crippen molar-refractivity contribution in [3.05, 3.63) is 55.7 Å². The molecule has 160 valence electrons. The second-order valence-electron chi connectivity index (χ2n) is 7.67. The second kappa shape index (κ2) is 8.36. The molecule has 3 heterocycles. The smallest absolute Gasteiger partial charge is 0.256 e. The average Bonchev–Trinajstić information content (AvgIpc) is 3.28. The zero-order chi connectivity index (χ0) is 22.3. The zero-order valence-electron chi connectivity index (χ0n) is 16.7. The van der Waals surface area contributed by atoms with E-state index >= 15 is 0 Å². The molecule has 1 aromatic heterocycles. The van der Waals surface area contributed by atoms with Crippen LogP contribution in [0.15, 0.2) is 23.6 Å². The molecule has 1 N–H and O–H groups in total. The van der Waals surface area contributed by atoms with E-state index in [-0.39, 0.29) is 36.8 Å². The normalized spacial score (nSPS) is 18.2. The molecule has 3 amide bonds. The summed E-state index contributed by atoms with van der Waals surface area (Å²) in [5, 5.41) is 4.43. The number of fused-ring (bicyclic) bond motifs is 1. The van der Waals surface area contributed by atoms with Crippen LogP contribution in [-0.2, 0) is 27.3 Å². The van der Waals surface area contributed by atoms with Crippen LogP contribution in [0.4, 0.5) is 0 Å². The fourth-order valence-electron chi connectivity index (χ4n) is 3.85. The van der Waals surface area contributed by atoms with Crippen molar-refractivity contribution in [3.63, 3.8) is 0 Å². The number of carbonyl (C=O) groups excluding carboxylic acids is 5. The van der Waals surface area contributed by atoms with Gasteiger partial charge in [0.1, 0.15) is 6.04 Å². The lowest BCUT2D eigenvalue weighted by Gasteiger charge is -2.29. The number of carbonyl (C=O) groups is 5. The predicted molar refractivity (Wildman–Crippen MR) is 114 cm³/mol. The number of amides is 3. The van der Waals surface area contributed by atoms with Crippen LogP contribution in [0.3, 0.4) is 0 Å². The van der Waals surface area contributed by atoms with Crippen molar-refractivity contribution in [3.8, 4) is 0 Å². The van der Waals surface area contributed by atoms with Gasteiger partial charge < -0.3 is 4.90 Å². The van der Waals surface area contributed by atoms with Crippen LogP contribution in [0.2, 0.25) is 5.02 Å². The van der Waals surface area contributed by atoms with Crippen LogP contribution in [0.5, 0.6) is 0 Å². The van der Waals surface area contributed by atoms with Crippen molar-refractivity contribution in [2.45, 2.75) is 45.2 Å². The Morgan fingerprint density at radius 3 is 2.74 bits per heavy atom. The van der Waals surface area contributed by atoms with Crippen molar-refractivity contribution >= 4 is 52.2 Å². The number of ketones is 2. The van der Waals surface area contributed by atoms with Crippen LogP contribution in [0.1, 0.15) is 56.0 Å². The first kappa shape index (κ1) is 21.4. The minimum Gasteiger partial charge on any atom is -0.322 e. The first-order valence-corrected chi connectivity index (χ1v) is 11.1. The molecular formula is C22H19ClN2O5S. The third kappa shape index (κ3) is 4.05. The van der Waals surface area contributed by atoms with Crippen molar-refractivity contribution in [1.82, 2.24) is 10.2 Å². The molecule has 0 saturated carbocycles. The van der Waals surface area contributed by atoms with Gasteiger partial charge in [-0.1, -0.05) is 23.7 Å². The van der Waals surface area contributed by atoms with E-state index in [2.05, 4.69) is 5.32 Å². The molecule has 2 aliphatic rings. The number of nitrogens with zero attached hydrogens (tertiary/aromatic N) is 1. The number of rotatable bonds is 6. The Morgan fingerprint density at radius 2 is 2.03 bits per heavy atom. The fourth-order valence-corrected chi connectivity index (χ4v) is 5.07. The number of thiophene rings is 1. The van der Waals surface area contributed by atoms with Gasteiger partial charge in [-0.15, -0.1) is 11.3 Å². The summed E-state index contributed by atoms with van der Waals surface area (Å²) >= 11 is 7.42. The van der Waals surface area contributed by atoms with Crippen LogP contribution < -0.4 is 5.32 Å². The molecule has 1 aromatic carbocycles. The van der Waals surface area contributed by atoms with Gasteiger partial charge in [-0.2, -0.15) is 0 Å². The summed E-state index contributed by atoms with van der Waals surface area (Å²) in [4.78, 5) is 63.5. The van der Waals surface area contributed by atoms with Gasteiger partial charge >= 0.3 is 0 Å². The van der Waals surface area contributed by atoms with Crippen LogP contribution >= 0.6 is 22.9 Å². The zero-order valence-corrected chi connectivity index (χ0v) is 18.3. The number of imide groups is 1. The number of benzene rings is 1. The van der Waals surface area contributed by atoms with Crippen molar-refractivity contribution in [2.75, 3.05) is 0 Å². The molecule has 4 rings (SSSR count). The quantitative estimate of drug-likeness (QED) is 0.407. The first-order chi connectivity index (χ1) is 14.8. The largest absolute Gasteiger partial charge is 0.322 e. The van der Waals surface area contributed by atoms with Crippen molar-refractivity contribution in [2.24, 2.45) is 0 Å². The molecule has 0 spiro atoms. The number of hydrogen-bond acceptors (Lipinski definition) is 6. The highest BCUT2D eigenvalue weighted by atomic mass is 35.5. The molecule has 2 aromatic rings. The molecule has 0 bridgehead atoms. The maximum absolute atomic E-state index is 12.8. The molecule has 7 nitrogen and oxygen atoms in total. The summed E-state index contributed by atoms with van der Waals surface area (Å²) < 4.78 is 0. The lowest BCUT2D eigenvalue weighted by Crippen LogP contribution is -2.52. The molecule has 2 aliphatic heterocycles. The summed E-state index contributed by atoms with van der Waals surface area (Å²) in [6.45, 7) is 2.07. The van der Waals surface area contributed by atoms with E-state index in [0.717, 1.165) is 16.0 Å². The molecule has 1 fully saturated rings. The highest BCUT2D eigenvalue weighted by Crippen LogP contribution is 2.34. The van der Waals surface area contributed by atoms with E-state index in [4.69, 9.17) is 11.6 Å². The van der Waals surface area contributed by atoms with Gasteiger partial charge in [0.2, 0.25) is 23.4 Å². The Bertz CT molecular complexity index is 1140. The SMILES string of the molecule is Cc1ccc(C(=O)C(=O)CCc2scc3c2CN(C2CCC(=O)NC2=O)C3=O)cc1Cl. The highest BCUT2D eigenvalue weighted by Gasteiger charge is 2.40. The lowest BCUT2D eigenvalue weighted by molar-refractivity contribution is -0.136. The Kier molecular flexibility index (Phi) is 5.77. The molecule has 1 atom stereocenters. The van der Waals surface area contributed by atoms with E-state index in [1.807, 2.05) is 6.92 Å². The second-order valence-corrected chi connectivity index (χ2v) is 9.04. The van der Waals surface area contributed by atoms with Crippen molar-refractivity contribution in [1.29, 1.82) is 0 Å². The minimum atomic E-state index is -0.676. The highest BCUT2D eigenvalue weighted by molar-refractivity contribution is 7.10. The summed E-state index contributed by atoms with van der Waals surface area (Å²) in [5.74, 6) is -2.15. The molecule has 1 saturated heterocycles. The third-order valence-electron chi connectivity index (χ3n) is 5.65. The topological polar surface area (TPSA) is 101 Å². The van der Waals surface area contributed by atoms with Crippen molar-refractivity contribution < 1.29 is 24.0 Å². The van der Waals surface area contributed by atoms with Gasteiger partial charge in [0.25, 0.3) is 5.91 Å². The van der Waals surface area contributed by atoms with Gasteiger partial charge in [-0.25, -0.2) is 0 Å². The van der Waals surface area contributed by atoms with Gasteiger partial charge in [0.15, 0.2) is 0 Å². The molecule has 31 heavy (non-hydrogen) atoms. The van der Waals surface area contributed by atoms with E-state index in [0.29, 0.717) is 23.4 Å². The number of halogens is 1. The molecule has 1 unspecified atom stereocenters. The van der Waals surface area contributed by atoms with Crippen LogP contribution in [-0.4, -0.2) is 40.2 Å². The lowest BCUT2D eigenvalue weighted by atomic mass is 10.0. The molecule has 0 aliphatic carbocycles. The maximum Gasteiger partial charge on any atom is 0.256 e. The van der Waals surface area contributed by atoms with Crippen LogP contribution in [0, 0.1) is 6.92 Å². The predicted octanol–water partition coefficient (Wildman–Crippen LogP) is 2.86. The Balaban J connectivity index is 1.43. The number of aryl methyl sites for hydroxylation is 2. The molecule has 9 heteroatoms. The maximum atomic E-state index is 12.8. The van der Waals surface area contributed by atoms with E-state index < -0.39 is 23.5 Å². The summed E-state index contributed by atoms with van der Waals surface area (Å²) in [7, 11) is 0. The minimum absolute atomic E-state index is 0.0177. The third-order valence-corrected chi connectivity index (χ3v) is 7.15. The standard InChI is InChI=1S/C22H19ClN2O5S/c1-11-2-3-12(8-15(11)23)20(28)17(26)5-6-18-13-9-25(22(30)14(13)10-31-18)16-4-7-19(27)24-21(16)29/h2-3,8,10,16H,4-7,9H2,1H3,(H,24,27,29). The monoisotopic (exact) mass is 458 g/mol. The molecule has 0 radical (unpaired) electrons. The van der Waals surface area contributed by atoms with E-state index in [1.165, 1.54) is 22.3 Å². The number of Topliss-reactive ketones (excluding diaryl/α,β-unsaturated/α-hetero) is 2. The van der Waals surface area contributed by atoms with Gasteiger partial charge in [-0.05, 0) is 37.0 Å². The summed E-state index contributed by atoms with van der Waals surface area (Å²) in [6.07, 6.45) is 0.843. The van der Waals surface area contributed by atoms with Gasteiger partial charge in [-0.3, -0.25) is 29.3 Å². The van der Waals surface area contributed by atoms with E-state index in [9.17, 15) is 24.0 Å². The first-order valence-electron chi connectivity index (χ1n) is 9.84. The average molecular weight is 459 g/mol. The van der Waals surface area contributed by atoms with Gasteiger partial charge in [0.05, 0.1) is 5.56 Å². The molecular weight excluding hydrogens is 440 g/mol. The van der Waals surface area contributed by atoms with Crippen LogP contribution in [0.25, 0.3) is 0 Å². The Hall–Kier alpha value is -2.84. The summed E-state index contributed by atoms with van der Waals surface area (Å²) in [5.41, 5.74) is 2.40. The van der Waals surface area contributed by atoms with E-state index in [1.54, 1.807) is 17.5 Å². The Labute approximate surface area is 187 Å². The Morgan fingerprint density at radius 1 is 1.26 bits per heavy atom. The number of piperidine rings is 1. The number of nitrogens with one attached hydrogen (secondary N) is 1. The van der Waals surface area contributed by atoms with Gasteiger partial charge in [0, 0.05) is 40.2 Å². The summed E-state index contributed by atoms with van der Waals surface area (Å²) in [6, 6.07) is 4.10. The number of hydrogen-bond donors (Lipinski definition) is 1. The fraction of sp³-hybridized carbons (Fsp3) is 0.318.